The first-order valence-corrected chi connectivity index (χ1v) is 11.3. The molecule has 2 saturated carbocycles. The number of piperidine rings is 1. The van der Waals surface area contributed by atoms with Crippen molar-refractivity contribution >= 4 is 23.4 Å². The van der Waals surface area contributed by atoms with E-state index < -0.39 is 16.9 Å². The number of Topliss-reactive ketones (excluding diaryl/α,β-unsaturated/α-hetero) is 2. The molecule has 2 aliphatic carbocycles. The largest absolute Gasteiger partial charge is 0.459 e. The Balaban J connectivity index is 1.56. The lowest BCUT2D eigenvalue weighted by molar-refractivity contribution is -0.172. The molecule has 0 aromatic rings. The minimum absolute atomic E-state index is 0.0192. The predicted octanol–water partition coefficient (Wildman–Crippen LogP) is 3.07. The molecule has 160 valence electrons. The Labute approximate surface area is 172 Å². The molecule has 0 bridgehead atoms. The van der Waals surface area contributed by atoms with Gasteiger partial charge in [-0.05, 0) is 57.3 Å². The number of likely N-dealkylation sites (tertiary alicyclic amines) is 1. The molecule has 2 aliphatic heterocycles. The minimum Gasteiger partial charge on any atom is -0.459 e. The van der Waals surface area contributed by atoms with E-state index in [9.17, 15) is 19.2 Å². The van der Waals surface area contributed by atoms with Crippen molar-refractivity contribution < 1.29 is 23.9 Å². The smallest absolute Gasteiger partial charge is 0.306 e. The first-order valence-electron chi connectivity index (χ1n) is 11.3. The van der Waals surface area contributed by atoms with E-state index in [0.29, 0.717) is 25.7 Å². The summed E-state index contributed by atoms with van der Waals surface area (Å²) in [5.41, 5.74) is -1.55. The second kappa shape index (κ2) is 7.51. The normalized spacial score (nSPS) is 40.1. The summed E-state index contributed by atoms with van der Waals surface area (Å²) < 4.78 is 5.87. The standard InChI is InChI=1S/C23H33NO5/c1-22-14-17(25)21-15(16(22)7-8-18(22)26)6-9-20(28)29-23(21,2)11-10-19(27)24-12-4-3-5-13-24/h15-16,21H,3-14H2,1-2H3/t15-,16?,21?,22-,23+/m0/s1. The average Bonchev–Trinajstić information content (AvgIpc) is 2.90. The highest BCUT2D eigenvalue weighted by Gasteiger charge is 2.61. The summed E-state index contributed by atoms with van der Waals surface area (Å²) in [7, 11) is 0. The molecule has 29 heavy (non-hydrogen) atoms. The van der Waals surface area contributed by atoms with Crippen molar-refractivity contribution in [2.24, 2.45) is 23.2 Å². The number of fused-ring (bicyclic) bond motifs is 3. The molecule has 1 amide bonds. The Bertz CT molecular complexity index is 727. The van der Waals surface area contributed by atoms with Gasteiger partial charge in [0.25, 0.3) is 0 Å². The highest BCUT2D eigenvalue weighted by molar-refractivity contribution is 5.95. The van der Waals surface area contributed by atoms with Gasteiger partial charge in [0.2, 0.25) is 5.91 Å². The molecule has 0 radical (unpaired) electrons. The third-order valence-electron chi connectivity index (χ3n) is 8.20. The second-order valence-corrected chi connectivity index (χ2v) is 10.0. The van der Waals surface area contributed by atoms with Gasteiger partial charge < -0.3 is 9.64 Å². The number of hydrogen-bond donors (Lipinski definition) is 0. The maximum atomic E-state index is 13.3. The van der Waals surface area contributed by atoms with Crippen LogP contribution in [0.15, 0.2) is 0 Å². The molecule has 6 nitrogen and oxygen atoms in total. The highest BCUT2D eigenvalue weighted by atomic mass is 16.6. The molecule has 5 atom stereocenters. The SMILES string of the molecule is C[C@]1(CCC(=O)N2CCCCC2)OC(=O)CC[C@@H]2C1C(=O)C[C@]1(C)C(=O)CCC21. The maximum Gasteiger partial charge on any atom is 0.306 e. The van der Waals surface area contributed by atoms with Crippen molar-refractivity contribution in [3.63, 3.8) is 0 Å². The zero-order valence-electron chi connectivity index (χ0n) is 17.7. The Morgan fingerprint density at radius 3 is 2.52 bits per heavy atom. The molecule has 0 spiro atoms. The van der Waals surface area contributed by atoms with E-state index in [1.54, 1.807) is 0 Å². The van der Waals surface area contributed by atoms with E-state index in [1.807, 2.05) is 18.7 Å². The Morgan fingerprint density at radius 1 is 1.07 bits per heavy atom. The van der Waals surface area contributed by atoms with Gasteiger partial charge in [0.15, 0.2) is 0 Å². The van der Waals surface area contributed by atoms with Crippen molar-refractivity contribution in [3.05, 3.63) is 0 Å². The van der Waals surface area contributed by atoms with Crippen LogP contribution in [0.2, 0.25) is 0 Å². The van der Waals surface area contributed by atoms with Gasteiger partial charge in [-0.2, -0.15) is 0 Å². The maximum absolute atomic E-state index is 13.3. The monoisotopic (exact) mass is 403 g/mol. The molecule has 4 aliphatic rings. The highest BCUT2D eigenvalue weighted by Crippen LogP contribution is 2.58. The number of cyclic esters (lactones) is 1. The first-order chi connectivity index (χ1) is 13.7. The van der Waals surface area contributed by atoms with Crippen LogP contribution in [0.1, 0.15) is 78.1 Å². The fourth-order valence-electron chi connectivity index (χ4n) is 6.64. The second-order valence-electron chi connectivity index (χ2n) is 10.0. The van der Waals surface area contributed by atoms with Crippen molar-refractivity contribution in [2.45, 2.75) is 83.7 Å². The van der Waals surface area contributed by atoms with Crippen LogP contribution in [-0.4, -0.2) is 47.0 Å². The number of ketones is 2. The van der Waals surface area contributed by atoms with Crippen LogP contribution in [0.25, 0.3) is 0 Å². The van der Waals surface area contributed by atoms with Crippen LogP contribution >= 0.6 is 0 Å². The first kappa shape index (κ1) is 20.5. The zero-order chi connectivity index (χ0) is 20.8. The van der Waals surface area contributed by atoms with Crippen molar-refractivity contribution in [2.75, 3.05) is 13.1 Å². The van der Waals surface area contributed by atoms with E-state index in [0.717, 1.165) is 38.8 Å². The van der Waals surface area contributed by atoms with Crippen LogP contribution in [0.4, 0.5) is 0 Å². The topological polar surface area (TPSA) is 80.8 Å². The summed E-state index contributed by atoms with van der Waals surface area (Å²) in [4.78, 5) is 52.9. The molecule has 0 N–H and O–H groups in total. The van der Waals surface area contributed by atoms with Crippen LogP contribution in [0.5, 0.6) is 0 Å². The molecular formula is C23H33NO5. The number of esters is 1. The number of ether oxygens (including phenoxy) is 1. The van der Waals surface area contributed by atoms with E-state index in [-0.39, 0.29) is 48.1 Å². The molecule has 0 aromatic heterocycles. The number of nitrogens with zero attached hydrogens (tertiary/aromatic N) is 1. The van der Waals surface area contributed by atoms with Crippen LogP contribution in [0, 0.1) is 23.2 Å². The summed E-state index contributed by atoms with van der Waals surface area (Å²) in [5, 5.41) is 0. The Hall–Kier alpha value is -1.72. The molecule has 4 fully saturated rings. The molecule has 6 heteroatoms. The van der Waals surface area contributed by atoms with Gasteiger partial charge in [0.05, 0.1) is 5.92 Å². The Morgan fingerprint density at radius 2 is 1.79 bits per heavy atom. The lowest BCUT2D eigenvalue weighted by Gasteiger charge is -2.48. The molecule has 2 saturated heterocycles. The van der Waals surface area contributed by atoms with E-state index in [2.05, 4.69) is 0 Å². The number of amides is 1. The van der Waals surface area contributed by atoms with Crippen molar-refractivity contribution in [1.82, 2.24) is 4.90 Å². The molecular weight excluding hydrogens is 370 g/mol. The molecule has 0 aromatic carbocycles. The summed E-state index contributed by atoms with van der Waals surface area (Å²) in [6, 6.07) is 0. The van der Waals surface area contributed by atoms with Gasteiger partial charge in [0, 0.05) is 44.2 Å². The lowest BCUT2D eigenvalue weighted by Crippen LogP contribution is -2.54. The van der Waals surface area contributed by atoms with E-state index in [4.69, 9.17) is 4.74 Å². The summed E-state index contributed by atoms with van der Waals surface area (Å²) in [6.07, 6.45) is 6.34. The molecule has 4 rings (SSSR count). The quantitative estimate of drug-likeness (QED) is 0.677. The summed E-state index contributed by atoms with van der Waals surface area (Å²) in [6.45, 7) is 5.37. The summed E-state index contributed by atoms with van der Waals surface area (Å²) in [5.74, 6) is -0.275. The minimum atomic E-state index is -0.965. The van der Waals surface area contributed by atoms with Gasteiger partial charge in [0.1, 0.15) is 17.2 Å². The molecule has 2 heterocycles. The third-order valence-corrected chi connectivity index (χ3v) is 8.20. The van der Waals surface area contributed by atoms with Gasteiger partial charge in [-0.15, -0.1) is 0 Å². The van der Waals surface area contributed by atoms with Gasteiger partial charge in [-0.25, -0.2) is 0 Å². The number of carbonyl (C=O) groups is 4. The van der Waals surface area contributed by atoms with Crippen LogP contribution in [0.3, 0.4) is 0 Å². The van der Waals surface area contributed by atoms with Gasteiger partial charge >= 0.3 is 5.97 Å². The van der Waals surface area contributed by atoms with Crippen LogP contribution < -0.4 is 0 Å². The fourth-order valence-corrected chi connectivity index (χ4v) is 6.64. The van der Waals surface area contributed by atoms with Crippen molar-refractivity contribution in [3.8, 4) is 0 Å². The number of carbonyl (C=O) groups excluding carboxylic acids is 4. The average molecular weight is 404 g/mol. The lowest BCUT2D eigenvalue weighted by atomic mass is 9.55. The number of hydrogen-bond acceptors (Lipinski definition) is 5. The van der Waals surface area contributed by atoms with E-state index >= 15 is 0 Å². The van der Waals surface area contributed by atoms with Crippen molar-refractivity contribution in [1.29, 1.82) is 0 Å². The van der Waals surface area contributed by atoms with Gasteiger partial charge in [-0.1, -0.05) is 6.92 Å². The summed E-state index contributed by atoms with van der Waals surface area (Å²) >= 11 is 0. The molecule has 2 unspecified atom stereocenters. The van der Waals surface area contributed by atoms with Crippen LogP contribution in [-0.2, 0) is 23.9 Å². The Kier molecular flexibility index (Phi) is 5.32. The zero-order valence-corrected chi connectivity index (χ0v) is 17.7. The predicted molar refractivity (Wildman–Crippen MR) is 106 cm³/mol. The van der Waals surface area contributed by atoms with E-state index in [1.165, 1.54) is 0 Å². The third kappa shape index (κ3) is 3.53. The van der Waals surface area contributed by atoms with Gasteiger partial charge in [-0.3, -0.25) is 19.2 Å². The fraction of sp³-hybridized carbons (Fsp3) is 0.826. The number of rotatable bonds is 3.